The Labute approximate surface area is 325 Å². The smallest absolute Gasteiger partial charge is 0.255 e. The molecule has 0 aliphatic heterocycles. The van der Waals surface area contributed by atoms with Crippen LogP contribution < -0.4 is 55.3 Å². The summed E-state index contributed by atoms with van der Waals surface area (Å²) in [5, 5.41) is 50.4. The van der Waals surface area contributed by atoms with E-state index in [1.54, 1.807) is 84.1 Å². The Bertz CT molecular complexity index is 2000. The largest absolute Gasteiger partial charge is 0.390 e. The Morgan fingerprint density at radius 3 is 1.09 bits per heavy atom. The number of nitrogens with one attached hydrogen (secondary N) is 10. The van der Waals surface area contributed by atoms with Gasteiger partial charge < -0.3 is 39.0 Å². The lowest BCUT2D eigenvalue weighted by atomic mass is 10.0. The van der Waals surface area contributed by atoms with Crippen molar-refractivity contribution in [3.8, 4) is 0 Å². The van der Waals surface area contributed by atoms with Crippen LogP contribution in [0, 0.1) is 28.6 Å². The number of carbonyl (C=O) groups excluding carboxylic acids is 2. The van der Waals surface area contributed by atoms with E-state index in [-0.39, 0.29) is 29.0 Å². The molecule has 0 aromatic heterocycles. The highest BCUT2D eigenvalue weighted by Crippen LogP contribution is 2.21. The topological polar surface area (TPSA) is 355 Å². The standard InChI is InChI=1S/C33H42N16O2.C2H6.CH4N2/c1-16-7-25(29(50)41-27-12-21(17(2)43-40-6)9-22(13-27)18(3)44-47-31(34)35)11-26(8-16)30(51)42-28-14-23(19(4)45-48-32(36)37)10-24(15-28)20(5)46-49-33(38)39;1-2;2-1-3/h7-15,40H,1-6H3,(H,41,50)(H,42,51)(H4,34,35,47)(H4,36,37,48)(H4,38,39,49);1-2H3;1H,(H3,2,3)/b43-17-,44-18-,45-19-,46-20+;;. The van der Waals surface area contributed by atoms with E-state index in [1.165, 1.54) is 6.07 Å². The molecule has 0 heterocycles. The second kappa shape index (κ2) is 23.1. The Morgan fingerprint density at radius 2 is 0.821 bits per heavy atom. The predicted octanol–water partition coefficient (Wildman–Crippen LogP) is 2.64. The van der Waals surface area contributed by atoms with Gasteiger partial charge >= 0.3 is 0 Å². The second-order valence-electron chi connectivity index (χ2n) is 11.3. The molecular formula is C36H52N18O2. The van der Waals surface area contributed by atoms with Gasteiger partial charge in [-0.2, -0.15) is 20.4 Å². The average molecular weight is 769 g/mol. The van der Waals surface area contributed by atoms with E-state index in [4.69, 9.17) is 38.8 Å². The van der Waals surface area contributed by atoms with Crippen LogP contribution in [-0.2, 0) is 0 Å². The maximum atomic E-state index is 13.6. The fraction of sp³-hybridized carbons (Fsp3) is 0.222. The van der Waals surface area contributed by atoms with Crippen molar-refractivity contribution in [3.63, 3.8) is 0 Å². The van der Waals surface area contributed by atoms with Gasteiger partial charge in [0.05, 0.1) is 29.2 Å². The van der Waals surface area contributed by atoms with Crippen molar-refractivity contribution in [1.82, 2.24) is 21.7 Å². The second-order valence-corrected chi connectivity index (χ2v) is 11.3. The van der Waals surface area contributed by atoms with Crippen LogP contribution in [0.25, 0.3) is 0 Å². The van der Waals surface area contributed by atoms with Gasteiger partial charge in [-0.3, -0.25) is 31.2 Å². The van der Waals surface area contributed by atoms with Crippen molar-refractivity contribution in [3.05, 3.63) is 93.5 Å². The van der Waals surface area contributed by atoms with Gasteiger partial charge in [0, 0.05) is 51.8 Å². The van der Waals surface area contributed by atoms with Gasteiger partial charge in [0.1, 0.15) is 0 Å². The van der Waals surface area contributed by atoms with Crippen LogP contribution in [0.5, 0.6) is 0 Å². The van der Waals surface area contributed by atoms with E-state index >= 15 is 0 Å². The van der Waals surface area contributed by atoms with Gasteiger partial charge in [0.2, 0.25) is 17.9 Å². The SMILES string of the molecule is CC.CN/N=C(/C)c1cc(NC(=O)c2cc(C)cc(C(=O)Nc3cc(/C(C)=N\NC(=N)N)cc(/C(C)=N/NC(=N)N)c3)c2)cc(/C(C)=N\NC(=N)N)c1.N=CN. The molecule has 20 heteroatoms. The molecule has 0 spiro atoms. The minimum absolute atomic E-state index is 0.226. The predicted molar refractivity (Wildman–Crippen MR) is 227 cm³/mol. The molecule has 0 fully saturated rings. The Balaban J connectivity index is 0.00000298. The zero-order chi connectivity index (χ0) is 42.5. The molecule has 0 aliphatic rings. The minimum Gasteiger partial charge on any atom is -0.390 e. The molecular weight excluding hydrogens is 717 g/mol. The molecule has 3 aromatic carbocycles. The summed E-state index contributed by atoms with van der Waals surface area (Å²) < 4.78 is 0. The summed E-state index contributed by atoms with van der Waals surface area (Å²) in [6.07, 6.45) is 0.750. The summed E-state index contributed by atoms with van der Waals surface area (Å²) in [5.41, 5.74) is 37.0. The molecule has 0 bridgehead atoms. The van der Waals surface area contributed by atoms with Gasteiger partial charge in [-0.05, 0) is 94.8 Å². The minimum atomic E-state index is -0.489. The number of aryl methyl sites for hydroxylation is 1. The first-order valence-electron chi connectivity index (χ1n) is 16.9. The molecule has 0 saturated heterocycles. The number of anilines is 2. The van der Waals surface area contributed by atoms with E-state index in [0.717, 1.165) is 6.34 Å². The molecule has 0 unspecified atom stereocenters. The Morgan fingerprint density at radius 1 is 0.554 bits per heavy atom. The van der Waals surface area contributed by atoms with Gasteiger partial charge in [-0.1, -0.05) is 13.8 Å². The molecule has 0 aliphatic carbocycles. The van der Waals surface area contributed by atoms with Crippen molar-refractivity contribution >= 4 is 70.3 Å². The highest BCUT2D eigenvalue weighted by atomic mass is 16.2. The highest BCUT2D eigenvalue weighted by Gasteiger charge is 2.16. The summed E-state index contributed by atoms with van der Waals surface area (Å²) >= 11 is 0. The molecule has 298 valence electrons. The number of hydrazone groups is 4. The van der Waals surface area contributed by atoms with Crippen LogP contribution in [0.15, 0.2) is 75.0 Å². The lowest BCUT2D eigenvalue weighted by Crippen LogP contribution is -2.27. The van der Waals surface area contributed by atoms with Crippen LogP contribution in [0.2, 0.25) is 0 Å². The fourth-order valence-electron chi connectivity index (χ4n) is 4.55. The van der Waals surface area contributed by atoms with Gasteiger partial charge in [-0.25, -0.2) is 16.3 Å². The molecule has 0 atom stereocenters. The number of carbonyl (C=O) groups is 2. The average Bonchev–Trinajstić information content (AvgIpc) is 3.15. The number of hydrogen-bond acceptors (Lipinski definition) is 11. The van der Waals surface area contributed by atoms with Crippen LogP contribution in [0.4, 0.5) is 11.4 Å². The van der Waals surface area contributed by atoms with Crippen molar-refractivity contribution in [1.29, 1.82) is 21.6 Å². The fourth-order valence-corrected chi connectivity index (χ4v) is 4.55. The summed E-state index contributed by atoms with van der Waals surface area (Å²) in [5.74, 6) is -1.97. The number of hydrogen-bond donors (Lipinski definition) is 14. The van der Waals surface area contributed by atoms with Gasteiger partial charge in [0.25, 0.3) is 11.8 Å². The number of amides is 2. The normalized spacial score (nSPS) is 11.3. The van der Waals surface area contributed by atoms with Crippen LogP contribution >= 0.6 is 0 Å². The first kappa shape index (κ1) is 46.4. The summed E-state index contributed by atoms with van der Waals surface area (Å²) in [6, 6.07) is 15.2. The quantitative estimate of drug-likeness (QED) is 0.0725. The number of nitrogens with two attached hydrogens (primary N) is 4. The van der Waals surface area contributed by atoms with Crippen molar-refractivity contribution in [2.24, 2.45) is 43.3 Å². The lowest BCUT2D eigenvalue weighted by Gasteiger charge is -2.14. The number of benzene rings is 3. The molecule has 0 radical (unpaired) electrons. The summed E-state index contributed by atoms with van der Waals surface area (Å²) in [7, 11) is 1.67. The highest BCUT2D eigenvalue weighted by molar-refractivity contribution is 6.12. The third kappa shape index (κ3) is 15.5. The van der Waals surface area contributed by atoms with Crippen molar-refractivity contribution in [2.45, 2.75) is 48.5 Å². The van der Waals surface area contributed by atoms with Crippen LogP contribution in [0.1, 0.15) is 90.1 Å². The zero-order valence-corrected chi connectivity index (χ0v) is 32.7. The molecule has 3 rings (SSSR count). The van der Waals surface area contributed by atoms with Crippen LogP contribution in [0.3, 0.4) is 0 Å². The van der Waals surface area contributed by atoms with E-state index < -0.39 is 11.8 Å². The number of rotatable bonds is 12. The molecule has 0 saturated carbocycles. The monoisotopic (exact) mass is 768 g/mol. The van der Waals surface area contributed by atoms with Crippen molar-refractivity contribution < 1.29 is 9.59 Å². The molecule has 2 amide bonds. The maximum Gasteiger partial charge on any atom is 0.255 e. The lowest BCUT2D eigenvalue weighted by molar-refractivity contribution is 0.102. The number of nitrogens with zero attached hydrogens (tertiary/aromatic N) is 4. The third-order valence-corrected chi connectivity index (χ3v) is 6.97. The first-order chi connectivity index (χ1) is 26.5. The molecule has 20 nitrogen and oxygen atoms in total. The van der Waals surface area contributed by atoms with Gasteiger partial charge in [-0.15, -0.1) is 0 Å². The summed E-state index contributed by atoms with van der Waals surface area (Å²) in [6.45, 7) is 12.7. The molecule has 56 heavy (non-hydrogen) atoms. The van der Waals surface area contributed by atoms with Gasteiger partial charge in [0.15, 0.2) is 0 Å². The van der Waals surface area contributed by atoms with E-state index in [0.29, 0.717) is 62.0 Å². The first-order valence-corrected chi connectivity index (χ1v) is 16.9. The Hall–Kier alpha value is -7.64. The maximum absolute atomic E-state index is 13.6. The zero-order valence-electron chi connectivity index (χ0n) is 32.7. The summed E-state index contributed by atoms with van der Waals surface area (Å²) in [4.78, 5) is 27.2. The van der Waals surface area contributed by atoms with Crippen LogP contribution in [-0.4, -0.2) is 65.9 Å². The Kier molecular flexibility index (Phi) is 19.1. The molecule has 18 N–H and O–H groups in total. The third-order valence-electron chi connectivity index (χ3n) is 6.97. The molecule has 3 aromatic rings. The van der Waals surface area contributed by atoms with E-state index in [9.17, 15) is 9.59 Å². The van der Waals surface area contributed by atoms with Crippen molar-refractivity contribution in [2.75, 3.05) is 17.7 Å². The van der Waals surface area contributed by atoms with E-state index in [1.807, 2.05) is 19.9 Å². The number of guanidine groups is 3. The van der Waals surface area contributed by atoms with E-state index in [2.05, 4.69) is 58.5 Å².